The van der Waals surface area contributed by atoms with Gasteiger partial charge in [0.05, 0.1) is 5.75 Å². The summed E-state index contributed by atoms with van der Waals surface area (Å²) >= 11 is 1.42. The molecule has 1 aliphatic rings. The number of hydrogen-bond acceptors (Lipinski definition) is 4. The number of para-hydroxylation sites is 1. The van der Waals surface area contributed by atoms with Crippen LogP contribution in [0, 0.1) is 6.92 Å². The van der Waals surface area contributed by atoms with Gasteiger partial charge in [0, 0.05) is 18.7 Å². The zero-order valence-electron chi connectivity index (χ0n) is 15.4. The Hall–Kier alpha value is -2.60. The highest BCUT2D eigenvalue weighted by atomic mass is 32.2. The lowest BCUT2D eigenvalue weighted by Crippen LogP contribution is -2.15. The van der Waals surface area contributed by atoms with Gasteiger partial charge >= 0.3 is 0 Å². The first-order valence-electron chi connectivity index (χ1n) is 9.06. The first-order chi connectivity index (χ1) is 13.1. The number of carbonyl (C=O) groups excluding carboxylic acids is 1. The van der Waals surface area contributed by atoms with E-state index in [2.05, 4.69) is 39.8 Å². The molecule has 1 saturated carbocycles. The minimum Gasteiger partial charge on any atom is -0.325 e. The molecule has 1 amide bonds. The summed E-state index contributed by atoms with van der Waals surface area (Å²) in [4.78, 5) is 12.2. The van der Waals surface area contributed by atoms with Crippen molar-refractivity contribution in [3.8, 4) is 0 Å². The van der Waals surface area contributed by atoms with E-state index in [4.69, 9.17) is 0 Å². The molecule has 0 spiro atoms. The van der Waals surface area contributed by atoms with Crippen LogP contribution in [0.5, 0.6) is 0 Å². The monoisotopic (exact) mass is 378 g/mol. The Bertz CT molecular complexity index is 954. The van der Waals surface area contributed by atoms with Crippen LogP contribution in [0.1, 0.15) is 35.2 Å². The predicted octanol–water partition coefficient (Wildman–Crippen LogP) is 4.13. The SMILES string of the molecule is Cc1ccccc1NC(=O)CSc1nnc(C2CC2c2ccccc2)n1C. The largest absolute Gasteiger partial charge is 0.325 e. The van der Waals surface area contributed by atoms with E-state index in [1.807, 2.05) is 48.9 Å². The third kappa shape index (κ3) is 3.90. The summed E-state index contributed by atoms with van der Waals surface area (Å²) in [6.07, 6.45) is 1.11. The van der Waals surface area contributed by atoms with Crippen LogP contribution in [0.4, 0.5) is 5.69 Å². The van der Waals surface area contributed by atoms with E-state index in [0.29, 0.717) is 17.6 Å². The van der Waals surface area contributed by atoms with E-state index in [-0.39, 0.29) is 5.91 Å². The Morgan fingerprint density at radius 1 is 1.11 bits per heavy atom. The second-order valence-electron chi connectivity index (χ2n) is 6.91. The quantitative estimate of drug-likeness (QED) is 0.655. The molecule has 0 bridgehead atoms. The summed E-state index contributed by atoms with van der Waals surface area (Å²) < 4.78 is 2.03. The van der Waals surface area contributed by atoms with E-state index in [1.165, 1.54) is 17.3 Å². The summed E-state index contributed by atoms with van der Waals surface area (Å²) in [5.41, 5.74) is 3.26. The van der Waals surface area contributed by atoms with Crippen molar-refractivity contribution in [2.75, 3.05) is 11.1 Å². The molecule has 1 fully saturated rings. The van der Waals surface area contributed by atoms with Gasteiger partial charge in [0.2, 0.25) is 5.91 Å². The smallest absolute Gasteiger partial charge is 0.234 e. The lowest BCUT2D eigenvalue weighted by atomic mass is 10.1. The van der Waals surface area contributed by atoms with Crippen LogP contribution in [0.25, 0.3) is 0 Å². The van der Waals surface area contributed by atoms with Crippen molar-refractivity contribution in [3.05, 3.63) is 71.5 Å². The molecule has 6 heteroatoms. The number of benzene rings is 2. The molecule has 138 valence electrons. The molecule has 5 nitrogen and oxygen atoms in total. The van der Waals surface area contributed by atoms with Gasteiger partial charge in [-0.05, 0) is 36.5 Å². The summed E-state index contributed by atoms with van der Waals surface area (Å²) in [6.45, 7) is 1.98. The lowest BCUT2D eigenvalue weighted by molar-refractivity contribution is -0.113. The van der Waals surface area contributed by atoms with E-state index in [0.717, 1.165) is 28.7 Å². The van der Waals surface area contributed by atoms with Gasteiger partial charge in [-0.2, -0.15) is 0 Å². The van der Waals surface area contributed by atoms with E-state index >= 15 is 0 Å². The summed E-state index contributed by atoms with van der Waals surface area (Å²) in [7, 11) is 1.98. The molecule has 3 aromatic rings. The molecule has 0 aliphatic heterocycles. The third-order valence-corrected chi connectivity index (χ3v) is 5.99. The number of nitrogens with one attached hydrogen (secondary N) is 1. The first-order valence-corrected chi connectivity index (χ1v) is 10.0. The number of aromatic nitrogens is 3. The molecule has 27 heavy (non-hydrogen) atoms. The zero-order valence-corrected chi connectivity index (χ0v) is 16.2. The lowest BCUT2D eigenvalue weighted by Gasteiger charge is -2.08. The first kappa shape index (κ1) is 17.8. The van der Waals surface area contributed by atoms with Crippen LogP contribution in [-0.4, -0.2) is 26.4 Å². The molecule has 2 aromatic carbocycles. The standard InChI is InChI=1S/C21H22N4OS/c1-14-8-6-7-11-18(14)22-19(26)13-27-21-24-23-20(25(21)2)17-12-16(17)15-9-4-3-5-10-15/h3-11,16-17H,12-13H2,1-2H3,(H,22,26). The molecule has 1 aromatic heterocycles. The average Bonchev–Trinajstić information content (AvgIpc) is 3.39. The number of anilines is 1. The van der Waals surface area contributed by atoms with Crippen LogP contribution >= 0.6 is 11.8 Å². The molecular weight excluding hydrogens is 356 g/mol. The van der Waals surface area contributed by atoms with Crippen molar-refractivity contribution in [2.24, 2.45) is 7.05 Å². The summed E-state index contributed by atoms with van der Waals surface area (Å²) in [5.74, 6) is 2.22. The fraction of sp³-hybridized carbons (Fsp3) is 0.286. The molecule has 4 rings (SSSR count). The van der Waals surface area contributed by atoms with Crippen LogP contribution in [-0.2, 0) is 11.8 Å². The number of nitrogens with zero attached hydrogens (tertiary/aromatic N) is 3. The molecule has 2 unspecified atom stereocenters. The number of carbonyl (C=O) groups is 1. The van der Waals surface area contributed by atoms with Crippen LogP contribution < -0.4 is 5.32 Å². The fourth-order valence-electron chi connectivity index (χ4n) is 3.35. The third-order valence-electron chi connectivity index (χ3n) is 4.97. The maximum absolute atomic E-state index is 12.2. The highest BCUT2D eigenvalue weighted by Gasteiger charge is 2.42. The highest BCUT2D eigenvalue weighted by molar-refractivity contribution is 7.99. The molecule has 2 atom stereocenters. The Morgan fingerprint density at radius 3 is 2.63 bits per heavy atom. The molecule has 0 saturated heterocycles. The van der Waals surface area contributed by atoms with Crippen LogP contribution in [0.3, 0.4) is 0 Å². The van der Waals surface area contributed by atoms with E-state index in [9.17, 15) is 4.79 Å². The maximum atomic E-state index is 12.2. The predicted molar refractivity (Wildman–Crippen MR) is 108 cm³/mol. The van der Waals surface area contributed by atoms with Crippen molar-refractivity contribution in [3.63, 3.8) is 0 Å². The summed E-state index contributed by atoms with van der Waals surface area (Å²) in [6, 6.07) is 18.3. The highest BCUT2D eigenvalue weighted by Crippen LogP contribution is 2.54. The Balaban J connectivity index is 1.36. The fourth-order valence-corrected chi connectivity index (χ4v) is 4.07. The topological polar surface area (TPSA) is 59.8 Å². The Morgan fingerprint density at radius 2 is 1.85 bits per heavy atom. The maximum Gasteiger partial charge on any atom is 0.234 e. The van der Waals surface area contributed by atoms with E-state index < -0.39 is 0 Å². The van der Waals surface area contributed by atoms with Crippen LogP contribution in [0.15, 0.2) is 59.8 Å². The van der Waals surface area contributed by atoms with Crippen molar-refractivity contribution in [2.45, 2.75) is 30.3 Å². The number of hydrogen-bond donors (Lipinski definition) is 1. The average molecular weight is 379 g/mol. The molecule has 1 N–H and O–H groups in total. The van der Waals surface area contributed by atoms with Crippen molar-refractivity contribution < 1.29 is 4.79 Å². The van der Waals surface area contributed by atoms with Gasteiger partial charge in [0.25, 0.3) is 0 Å². The second-order valence-corrected chi connectivity index (χ2v) is 7.85. The normalized spacial score (nSPS) is 18.3. The van der Waals surface area contributed by atoms with Gasteiger partial charge in [0.15, 0.2) is 5.16 Å². The minimum absolute atomic E-state index is 0.0348. The zero-order chi connectivity index (χ0) is 18.8. The molecule has 1 heterocycles. The van der Waals surface area contributed by atoms with Gasteiger partial charge in [0.1, 0.15) is 5.82 Å². The van der Waals surface area contributed by atoms with Gasteiger partial charge in [-0.25, -0.2) is 0 Å². The van der Waals surface area contributed by atoms with Gasteiger partial charge in [-0.1, -0.05) is 60.3 Å². The van der Waals surface area contributed by atoms with Crippen molar-refractivity contribution in [1.82, 2.24) is 14.8 Å². The Kier molecular flexibility index (Phi) is 4.99. The van der Waals surface area contributed by atoms with E-state index in [1.54, 1.807) is 0 Å². The van der Waals surface area contributed by atoms with Crippen molar-refractivity contribution in [1.29, 1.82) is 0 Å². The summed E-state index contributed by atoms with van der Waals surface area (Å²) in [5, 5.41) is 12.4. The molecule has 1 aliphatic carbocycles. The molecule has 0 radical (unpaired) electrons. The van der Waals surface area contributed by atoms with Crippen molar-refractivity contribution >= 4 is 23.4 Å². The number of amides is 1. The number of thioether (sulfide) groups is 1. The number of rotatable bonds is 6. The Labute approximate surface area is 163 Å². The number of aryl methyl sites for hydroxylation is 1. The van der Waals surface area contributed by atoms with Crippen LogP contribution in [0.2, 0.25) is 0 Å². The second kappa shape index (κ2) is 7.56. The molecular formula is C21H22N4OS. The van der Waals surface area contributed by atoms with Gasteiger partial charge in [-0.15, -0.1) is 10.2 Å². The van der Waals surface area contributed by atoms with Gasteiger partial charge < -0.3 is 9.88 Å². The minimum atomic E-state index is -0.0348. The van der Waals surface area contributed by atoms with Gasteiger partial charge in [-0.3, -0.25) is 4.79 Å².